The molecule has 2 aromatic heterocycles. The van der Waals surface area contributed by atoms with E-state index in [9.17, 15) is 24.0 Å². The van der Waals surface area contributed by atoms with Gasteiger partial charge in [-0.05, 0) is 68.3 Å². The third kappa shape index (κ3) is 21.0. The Balaban J connectivity index is 0.000000903. The summed E-state index contributed by atoms with van der Waals surface area (Å²) in [6.07, 6.45) is 20.5. The molecule has 0 spiro atoms. The molecule has 2 saturated carbocycles. The zero-order valence-corrected chi connectivity index (χ0v) is 39.2. The minimum Gasteiger partial charge on any atom is -0.358 e. The molecule has 4 aliphatic rings. The van der Waals surface area contributed by atoms with Crippen molar-refractivity contribution in [1.82, 2.24) is 24.8 Å². The first-order chi connectivity index (χ1) is 29.9. The number of carboxylic acid groups (broad SMARTS) is 1. The predicted molar refractivity (Wildman–Crippen MR) is 233 cm³/mol. The van der Waals surface area contributed by atoms with Crippen LogP contribution in [0, 0.1) is 37.5 Å². The van der Waals surface area contributed by atoms with Gasteiger partial charge >= 0.3 is 23.9 Å². The van der Waals surface area contributed by atoms with Crippen LogP contribution in [0.3, 0.4) is 0 Å². The number of ether oxygens (including phenoxy) is 2. The van der Waals surface area contributed by atoms with Crippen molar-refractivity contribution in [1.29, 1.82) is 0.954 Å². The standard InChI is InChI=1S/C18H29N5O3.C15H23NO2.C5H4O2S.C3H6N4O.CH3.2Cu.H/c1-13(18(19)25)23-12-16(20-21-23)15(14-5-3-2-4-6-14)11-17(24)22-7-9-26-10-8-22;1-2-13(14-6-4-3-5-7-14)12-15(17)16-8-10-18-11-9-16;6-5(7)4-1-2-8-3-4;1-2(3(4)8)6-7-5;;;;/h12-15H,2-11H2,1H3,(H2,19,25);1,13-14H,3-12H2;1-3H,(H,6,7);2H,1H3,(H2,4,8);1H3;;;/q;;;;-1;;+1;/t13-,15+;13-;;2-;;;;/m10.1..../s1/i;;;;;;;1+2. The fraction of sp³-hybridized carbons (Fsp3) is 0.667. The molecular weight excluding hydrogens is 932 g/mol. The monoisotopic (exact) mass is 998 g/mol. The molecule has 6 rings (SSSR count). The molecule has 4 amide bonds. The summed E-state index contributed by atoms with van der Waals surface area (Å²) in [5, 5.41) is 23.0. The SMILES string of the molecule is C#C[C@@H](CC(=O)N1CCOCC1)C1CCCCC1.C[C@@H](N=[N+]=[N-])C(N)=O.C[C@H](C(N)=O)n1cc([C@@H](CC(=O)N2CCOCC2)C2CCCCC2)nn1.O=C(O)c1ccsc1.[3H][Cu+].[CH3-].[Cu]. The fourth-order valence-electron chi connectivity index (χ4n) is 7.51. The first-order valence-electron chi connectivity index (χ1n) is 21.1. The zero-order valence-electron chi connectivity index (χ0n) is 37.5. The van der Waals surface area contributed by atoms with Gasteiger partial charge in [0, 0.05) is 84.4 Å². The Bertz CT molecular complexity index is 1740. The number of azide groups is 1. The van der Waals surface area contributed by atoms with Crippen LogP contribution >= 0.6 is 11.3 Å². The number of thiophene rings is 1. The summed E-state index contributed by atoms with van der Waals surface area (Å²) in [6, 6.07) is 0.297. The Morgan fingerprint density at radius 2 is 1.44 bits per heavy atom. The normalized spacial score (nSPS) is 18.2. The molecule has 0 aromatic carbocycles. The molecule has 21 heteroatoms. The molecule has 0 bridgehead atoms. The average molecular weight is 1000 g/mol. The quantitative estimate of drug-likeness (QED) is 0.0633. The number of carboxylic acids is 1. The minimum absolute atomic E-state index is 0. The van der Waals surface area contributed by atoms with Gasteiger partial charge in [-0.2, -0.15) is 11.3 Å². The molecule has 2 aliphatic carbocycles. The summed E-state index contributed by atoms with van der Waals surface area (Å²) in [4.78, 5) is 62.7. The van der Waals surface area contributed by atoms with Crippen molar-refractivity contribution in [2.75, 3.05) is 52.6 Å². The third-order valence-electron chi connectivity index (χ3n) is 11.3. The van der Waals surface area contributed by atoms with Crippen molar-refractivity contribution in [2.24, 2.45) is 34.3 Å². The van der Waals surface area contributed by atoms with E-state index < -0.39 is 29.9 Å². The van der Waals surface area contributed by atoms with E-state index >= 15 is 0 Å². The van der Waals surface area contributed by atoms with Crippen molar-refractivity contribution in [3.05, 3.63) is 52.2 Å². The van der Waals surface area contributed by atoms with Gasteiger partial charge in [0.1, 0.15) is 12.1 Å². The Labute approximate surface area is 397 Å². The maximum atomic E-state index is 12.8. The van der Waals surface area contributed by atoms with Crippen LogP contribution in [0.1, 0.15) is 119 Å². The molecule has 4 fully saturated rings. The number of aromatic nitrogens is 3. The van der Waals surface area contributed by atoms with Gasteiger partial charge in [0.25, 0.3) is 0 Å². The number of primary amides is 2. The third-order valence-corrected chi connectivity index (χ3v) is 12.0. The summed E-state index contributed by atoms with van der Waals surface area (Å²) in [7, 11) is 0. The number of carbonyl (C=O) groups excluding carboxylic acids is 4. The molecule has 2 aliphatic heterocycles. The van der Waals surface area contributed by atoms with Gasteiger partial charge < -0.3 is 43.3 Å². The Morgan fingerprint density at radius 3 is 1.84 bits per heavy atom. The van der Waals surface area contributed by atoms with E-state index in [-0.39, 0.29) is 48.1 Å². The molecule has 1 radical (unpaired) electrons. The number of amides is 4. The second-order valence-electron chi connectivity index (χ2n) is 15.4. The maximum absolute atomic E-state index is 12.8. The summed E-state index contributed by atoms with van der Waals surface area (Å²) in [5.74, 6) is 2.50. The summed E-state index contributed by atoms with van der Waals surface area (Å²) < 4.78 is 17.4. The summed E-state index contributed by atoms with van der Waals surface area (Å²) in [5.41, 5.74) is 19.0. The number of nitrogens with two attached hydrogens (primary N) is 2. The van der Waals surface area contributed by atoms with E-state index in [0.717, 1.165) is 31.6 Å². The second kappa shape index (κ2) is 32.6. The van der Waals surface area contributed by atoms with E-state index in [1.165, 1.54) is 74.3 Å². The minimum atomic E-state index is -0.855. The number of carbonyl (C=O) groups is 5. The Kier molecular flexibility index (Phi) is 29.6. The van der Waals surface area contributed by atoms with Gasteiger partial charge in [-0.3, -0.25) is 19.2 Å². The van der Waals surface area contributed by atoms with Gasteiger partial charge in [0.2, 0.25) is 23.6 Å². The van der Waals surface area contributed by atoms with Crippen molar-refractivity contribution in [3.8, 4) is 12.3 Å². The number of rotatable bonds is 12. The first-order valence-corrected chi connectivity index (χ1v) is 21.8. The van der Waals surface area contributed by atoms with Crippen molar-refractivity contribution < 1.29 is 72.6 Å². The van der Waals surface area contributed by atoms with Crippen LogP contribution in [0.25, 0.3) is 10.4 Å². The van der Waals surface area contributed by atoms with Gasteiger partial charge in [-0.25, -0.2) is 9.48 Å². The molecule has 2 aromatic rings. The number of aromatic carboxylic acids is 1. The van der Waals surface area contributed by atoms with Gasteiger partial charge in [0.05, 0.1) is 37.7 Å². The second-order valence-corrected chi connectivity index (χ2v) is 16.2. The zero-order chi connectivity index (χ0) is 45.9. The van der Waals surface area contributed by atoms with Crippen molar-refractivity contribution in [3.63, 3.8) is 0 Å². The molecule has 18 nitrogen and oxygen atoms in total. The van der Waals surface area contributed by atoms with Crippen molar-refractivity contribution in [2.45, 2.75) is 109 Å². The molecule has 5 N–H and O–H groups in total. The van der Waals surface area contributed by atoms with E-state index in [2.05, 4.69) is 43.2 Å². The largest absolute Gasteiger partial charge is 0.358 e. The number of hydrogen-bond donors (Lipinski definition) is 3. The first kappa shape index (κ1) is 57.0. The molecule has 63 heavy (non-hydrogen) atoms. The van der Waals surface area contributed by atoms with E-state index in [1.54, 1.807) is 29.9 Å². The Morgan fingerprint density at radius 1 is 0.937 bits per heavy atom. The molecular formula is C42H66Cu2N10O8S. The van der Waals surface area contributed by atoms with Crippen LogP contribution in [0.5, 0.6) is 0 Å². The number of hydrogen-bond acceptors (Lipinski definition) is 11. The van der Waals surface area contributed by atoms with Crippen LogP contribution in [0.4, 0.5) is 0 Å². The number of morpholine rings is 2. The molecule has 2 saturated heterocycles. The van der Waals surface area contributed by atoms with Crippen molar-refractivity contribution >= 4 is 40.9 Å². The van der Waals surface area contributed by atoms with Gasteiger partial charge in [-0.15, -0.1) is 17.4 Å². The van der Waals surface area contributed by atoms with Crippen LogP contribution in [-0.4, -0.2) is 119 Å². The average Bonchev–Trinajstić information content (AvgIpc) is 4.04. The number of terminal acetylenes is 1. The van der Waals surface area contributed by atoms with Crippen LogP contribution in [0.2, 0.25) is 0 Å². The molecule has 0 unspecified atom stereocenters. The molecule has 4 heterocycles. The van der Waals surface area contributed by atoms with Crippen LogP contribution < -0.4 is 11.5 Å². The molecule has 4 atom stereocenters. The fourth-order valence-corrected chi connectivity index (χ4v) is 8.14. The van der Waals surface area contributed by atoms with Gasteiger partial charge in [0.15, 0.2) is 0 Å². The van der Waals surface area contributed by atoms with E-state index in [1.807, 2.05) is 9.80 Å². The van der Waals surface area contributed by atoms with E-state index in [0.29, 0.717) is 69.8 Å². The number of nitrogens with zero attached hydrogens (tertiary/aromatic N) is 8. The smallest absolute Gasteiger partial charge is 0 e. The van der Waals surface area contributed by atoms with Gasteiger partial charge in [-0.1, -0.05) is 48.9 Å². The molecule has 360 valence electrons. The van der Waals surface area contributed by atoms with Crippen LogP contribution in [0.15, 0.2) is 28.1 Å². The topological polar surface area (TPSA) is 262 Å². The summed E-state index contributed by atoms with van der Waals surface area (Å²) in [6.45, 7) is 8.42. The van der Waals surface area contributed by atoms with E-state index in [4.69, 9.17) is 39.0 Å². The Hall–Kier alpha value is -3.98. The maximum Gasteiger partial charge on any atom is 0 e. The van der Waals surface area contributed by atoms with Crippen LogP contribution in [-0.2, 0) is 62.7 Å². The predicted octanol–water partition coefficient (Wildman–Crippen LogP) is 5.10. The summed E-state index contributed by atoms with van der Waals surface area (Å²) >= 11 is 4.82.